The Morgan fingerprint density at radius 2 is 1.66 bits per heavy atom. The number of hydrogen-bond donors (Lipinski definition) is 4. The number of carbonyl (C=O) groups is 5. The smallest absolute Gasteiger partial charge is 0.326 e. The highest BCUT2D eigenvalue weighted by Crippen LogP contribution is 2.60. The summed E-state index contributed by atoms with van der Waals surface area (Å²) in [4.78, 5) is 72.8. The van der Waals surface area contributed by atoms with Crippen LogP contribution in [0.5, 0.6) is 0 Å². The minimum absolute atomic E-state index is 0.0352. The van der Waals surface area contributed by atoms with E-state index in [-0.39, 0.29) is 49.4 Å². The number of aliphatic carboxylic acids is 2. The number of nitrogens with one attached hydrogen (secondary N) is 2. The lowest BCUT2D eigenvalue weighted by atomic mass is 9.58. The Bertz CT molecular complexity index is 1120. The van der Waals surface area contributed by atoms with Crippen molar-refractivity contribution < 1.29 is 58.2 Å². The van der Waals surface area contributed by atoms with Gasteiger partial charge < -0.3 is 35.1 Å². The number of rotatable bonds is 13. The molecule has 1 aliphatic carbocycles. The lowest BCUT2D eigenvalue weighted by Gasteiger charge is -2.59. The fourth-order valence-electron chi connectivity index (χ4n) is 7.18. The van der Waals surface area contributed by atoms with Crippen molar-refractivity contribution in [2.75, 3.05) is 0 Å². The van der Waals surface area contributed by atoms with Crippen LogP contribution in [-0.2, 0) is 48.0 Å². The number of carbonyl (C=O) groups excluding carboxylic acids is 3. The zero-order valence-corrected chi connectivity index (χ0v) is 26.0. The van der Waals surface area contributed by atoms with E-state index in [4.69, 9.17) is 29.1 Å². The number of carboxylic acid groups (broad SMARTS) is 2. The van der Waals surface area contributed by atoms with Crippen molar-refractivity contribution in [1.29, 1.82) is 0 Å². The summed E-state index contributed by atoms with van der Waals surface area (Å²) < 4.78 is 18.3. The summed E-state index contributed by atoms with van der Waals surface area (Å²) in [6.07, 6.45) is 0.558. The van der Waals surface area contributed by atoms with E-state index >= 15 is 0 Å². The second-order valence-electron chi connectivity index (χ2n) is 13.3. The molecule has 2 bridgehead atoms. The van der Waals surface area contributed by atoms with Gasteiger partial charge in [0, 0.05) is 31.1 Å². The normalized spacial score (nSPS) is 35.5. The van der Waals surface area contributed by atoms with E-state index in [1.165, 1.54) is 0 Å². The zero-order chi connectivity index (χ0) is 32.4. The summed E-state index contributed by atoms with van der Waals surface area (Å²) in [5.41, 5.74) is -0.796. The van der Waals surface area contributed by atoms with Crippen LogP contribution >= 0.6 is 0 Å². The van der Waals surface area contributed by atoms with Crippen molar-refractivity contribution in [2.45, 2.75) is 128 Å². The summed E-state index contributed by atoms with van der Waals surface area (Å²) in [7, 11) is 0. The number of amides is 2. The molecule has 0 aromatic heterocycles. The molecule has 4 N–H and O–H groups in total. The molecule has 5 rings (SSSR count). The fourth-order valence-corrected chi connectivity index (χ4v) is 7.18. The lowest BCUT2D eigenvalue weighted by Crippen LogP contribution is -2.70. The predicted molar refractivity (Wildman–Crippen MR) is 150 cm³/mol. The Hall–Kier alpha value is -2.81. The molecular weight excluding hydrogens is 580 g/mol. The van der Waals surface area contributed by atoms with Crippen molar-refractivity contribution in [2.24, 2.45) is 29.6 Å². The van der Waals surface area contributed by atoms with Crippen molar-refractivity contribution in [1.82, 2.24) is 10.6 Å². The Kier molecular flexibility index (Phi) is 10.6. The minimum atomic E-state index is -1.42. The van der Waals surface area contributed by atoms with Crippen LogP contribution in [0.25, 0.3) is 0 Å². The Morgan fingerprint density at radius 1 is 0.932 bits per heavy atom. The van der Waals surface area contributed by atoms with E-state index in [0.717, 1.165) is 19.3 Å². The quantitative estimate of drug-likeness (QED) is 0.172. The first-order valence-electron chi connectivity index (χ1n) is 15.6. The van der Waals surface area contributed by atoms with E-state index in [2.05, 4.69) is 17.6 Å². The molecule has 10 atom stereocenters. The van der Waals surface area contributed by atoms with E-state index in [9.17, 15) is 29.1 Å². The molecule has 0 aromatic rings. The molecule has 4 saturated heterocycles. The first-order chi connectivity index (χ1) is 20.6. The zero-order valence-electron chi connectivity index (χ0n) is 26.0. The van der Waals surface area contributed by atoms with Gasteiger partial charge in [-0.15, -0.1) is 0 Å². The first kappa shape index (κ1) is 34.1. The molecule has 1 spiro atoms. The highest BCUT2D eigenvalue weighted by atomic mass is 17.3. The molecule has 0 aromatic carbocycles. The molecule has 0 unspecified atom stereocenters. The van der Waals surface area contributed by atoms with Crippen LogP contribution < -0.4 is 10.6 Å². The second kappa shape index (κ2) is 13.7. The van der Waals surface area contributed by atoms with Gasteiger partial charge in [0.2, 0.25) is 23.9 Å². The molecule has 4 aliphatic heterocycles. The van der Waals surface area contributed by atoms with Crippen LogP contribution in [0.15, 0.2) is 0 Å². The SMILES string of the molecule is CC(C)C[C@H](NC(=O)CCC(=O)O[C@@H]1O[C@H]2O[C@@]3(C)CC[C@H]4[C@H](C)CC[C@H]([C@@H]1C)[C@@]24OO3)C(=O)N[C@@H](CCC(=O)O)C(=O)O. The van der Waals surface area contributed by atoms with Crippen LogP contribution in [0.4, 0.5) is 0 Å². The molecule has 1 saturated carbocycles. The van der Waals surface area contributed by atoms with Crippen LogP contribution in [0, 0.1) is 29.6 Å². The number of fused-ring (bicyclic) bond motifs is 2. The molecule has 5 aliphatic rings. The van der Waals surface area contributed by atoms with Gasteiger partial charge in [-0.2, -0.15) is 0 Å². The average molecular weight is 627 g/mol. The third kappa shape index (κ3) is 7.35. The third-order valence-electron chi connectivity index (χ3n) is 9.52. The molecule has 248 valence electrons. The largest absolute Gasteiger partial charge is 0.481 e. The van der Waals surface area contributed by atoms with Crippen molar-refractivity contribution >= 4 is 29.7 Å². The maximum atomic E-state index is 12.9. The van der Waals surface area contributed by atoms with E-state index in [1.54, 1.807) is 0 Å². The van der Waals surface area contributed by atoms with E-state index in [1.807, 2.05) is 27.7 Å². The third-order valence-corrected chi connectivity index (χ3v) is 9.52. The number of esters is 1. The van der Waals surface area contributed by atoms with Gasteiger partial charge in [0.25, 0.3) is 0 Å². The maximum Gasteiger partial charge on any atom is 0.326 e. The molecular formula is C30H46N2O12. The minimum Gasteiger partial charge on any atom is -0.481 e. The molecule has 14 nitrogen and oxygen atoms in total. The van der Waals surface area contributed by atoms with E-state index < -0.39 is 72.2 Å². The van der Waals surface area contributed by atoms with Crippen LogP contribution in [0.3, 0.4) is 0 Å². The van der Waals surface area contributed by atoms with Crippen molar-refractivity contribution in [3.05, 3.63) is 0 Å². The highest BCUT2D eigenvalue weighted by molar-refractivity contribution is 5.91. The second-order valence-corrected chi connectivity index (χ2v) is 13.3. The van der Waals surface area contributed by atoms with Gasteiger partial charge >= 0.3 is 17.9 Å². The molecule has 4 heterocycles. The monoisotopic (exact) mass is 626 g/mol. The Labute approximate surface area is 256 Å². The summed E-state index contributed by atoms with van der Waals surface area (Å²) in [6, 6.07) is -2.50. The number of ether oxygens (including phenoxy) is 3. The van der Waals surface area contributed by atoms with Gasteiger partial charge in [-0.05, 0) is 56.8 Å². The molecule has 14 heteroatoms. The van der Waals surface area contributed by atoms with E-state index in [0.29, 0.717) is 12.3 Å². The summed E-state index contributed by atoms with van der Waals surface area (Å²) in [5.74, 6) is -5.28. The number of hydrogen-bond acceptors (Lipinski definition) is 10. The Morgan fingerprint density at radius 3 is 2.32 bits per heavy atom. The molecule has 2 amide bonds. The van der Waals surface area contributed by atoms with Gasteiger partial charge in [-0.3, -0.25) is 19.2 Å². The molecule has 0 radical (unpaired) electrons. The maximum absolute atomic E-state index is 12.9. The van der Waals surface area contributed by atoms with Crippen molar-refractivity contribution in [3.8, 4) is 0 Å². The van der Waals surface area contributed by atoms with Crippen molar-refractivity contribution in [3.63, 3.8) is 0 Å². The van der Waals surface area contributed by atoms with Crippen LogP contribution in [0.1, 0.15) is 92.4 Å². The van der Waals surface area contributed by atoms with Gasteiger partial charge in [0.05, 0.1) is 6.42 Å². The highest BCUT2D eigenvalue weighted by Gasteiger charge is 2.69. The van der Waals surface area contributed by atoms with Gasteiger partial charge in [-0.25, -0.2) is 14.6 Å². The van der Waals surface area contributed by atoms with Crippen LogP contribution in [-0.4, -0.2) is 76.0 Å². The van der Waals surface area contributed by atoms with Crippen LogP contribution in [0.2, 0.25) is 0 Å². The topological polar surface area (TPSA) is 196 Å². The average Bonchev–Trinajstić information content (AvgIpc) is 3.17. The molecule has 5 fully saturated rings. The van der Waals surface area contributed by atoms with Gasteiger partial charge in [0.1, 0.15) is 12.1 Å². The lowest BCUT2D eigenvalue weighted by molar-refractivity contribution is -0.576. The first-order valence-corrected chi connectivity index (χ1v) is 15.6. The summed E-state index contributed by atoms with van der Waals surface area (Å²) in [6.45, 7) is 9.62. The summed E-state index contributed by atoms with van der Waals surface area (Å²) in [5, 5.41) is 23.1. The standard InChI is InChI=1S/C30H46N2O12/c1-15(2)14-21(25(37)32-20(26(38)39)8-10-23(34)35)31-22(33)9-11-24(36)40-27-17(4)19-7-6-16(3)18-12-13-29(5)42-28(41-27)30(18,19)44-43-29/h15-21,27-28H,6-14H2,1-5H3,(H,31,33)(H,32,37)(H,34,35)(H,38,39)/t16-,17+,18+,19-,20+,21+,27-,28+,29-,30-/m1/s1. The predicted octanol–water partition coefficient (Wildman–Crippen LogP) is 2.48. The Balaban J connectivity index is 1.34. The fraction of sp³-hybridized carbons (Fsp3) is 0.833. The van der Waals surface area contributed by atoms with Gasteiger partial charge in [0.15, 0.2) is 11.9 Å². The summed E-state index contributed by atoms with van der Waals surface area (Å²) >= 11 is 0. The number of carboxylic acids is 2. The molecule has 44 heavy (non-hydrogen) atoms. The van der Waals surface area contributed by atoms with Gasteiger partial charge in [-0.1, -0.05) is 27.7 Å².